The molecule has 5 heteroatoms. The van der Waals surface area contributed by atoms with E-state index < -0.39 is 0 Å². The maximum atomic E-state index is 13.1. The molecule has 3 fully saturated rings. The van der Waals surface area contributed by atoms with Gasteiger partial charge in [0.15, 0.2) is 0 Å². The smallest absolute Gasteiger partial charge is 0.253 e. The van der Waals surface area contributed by atoms with E-state index in [1.807, 2.05) is 23.1 Å². The maximum Gasteiger partial charge on any atom is 0.253 e. The molecule has 1 N–H and O–H groups in total. The summed E-state index contributed by atoms with van der Waals surface area (Å²) >= 11 is 0. The summed E-state index contributed by atoms with van der Waals surface area (Å²) < 4.78 is 0. The second-order valence-electron chi connectivity index (χ2n) is 9.91. The minimum absolute atomic E-state index is 0.0957. The van der Waals surface area contributed by atoms with Gasteiger partial charge in [-0.15, -0.1) is 0 Å². The fourth-order valence-electron chi connectivity index (χ4n) is 5.90. The SMILES string of the molecule is CC(=O)Nc1cccc(C(=O)N2CC[C@]3(CCCN(CCC4CCCCC4)C3)C2)c1. The van der Waals surface area contributed by atoms with Crippen molar-refractivity contribution in [3.8, 4) is 0 Å². The van der Waals surface area contributed by atoms with Gasteiger partial charge in [-0.25, -0.2) is 0 Å². The van der Waals surface area contributed by atoms with Crippen molar-refractivity contribution in [2.45, 2.75) is 64.7 Å². The standard InChI is InChI=1S/C25H37N3O2/c1-20(29)26-23-10-5-9-22(17-23)24(30)28-16-13-25(19-28)12-6-14-27(18-25)15-11-21-7-3-2-4-8-21/h5,9-10,17,21H,2-4,6-8,11-16,18-19H2,1H3,(H,26,29)/t25-/m0/s1. The Balaban J connectivity index is 1.33. The highest BCUT2D eigenvalue weighted by Gasteiger charge is 2.42. The lowest BCUT2D eigenvalue weighted by Crippen LogP contribution is -2.45. The van der Waals surface area contributed by atoms with E-state index in [1.165, 1.54) is 71.4 Å². The Morgan fingerprint density at radius 3 is 2.70 bits per heavy atom. The van der Waals surface area contributed by atoms with Gasteiger partial charge in [0, 0.05) is 43.2 Å². The van der Waals surface area contributed by atoms with Crippen LogP contribution in [-0.4, -0.2) is 54.3 Å². The van der Waals surface area contributed by atoms with Crippen molar-refractivity contribution in [1.29, 1.82) is 0 Å². The number of hydrogen-bond donors (Lipinski definition) is 1. The monoisotopic (exact) mass is 411 g/mol. The molecule has 0 bridgehead atoms. The number of piperidine rings is 1. The molecule has 1 atom stereocenters. The van der Waals surface area contributed by atoms with E-state index in [1.54, 1.807) is 6.07 Å². The topological polar surface area (TPSA) is 52.7 Å². The number of carbonyl (C=O) groups excluding carboxylic acids is 2. The van der Waals surface area contributed by atoms with Gasteiger partial charge < -0.3 is 15.1 Å². The number of nitrogens with zero attached hydrogens (tertiary/aromatic N) is 2. The lowest BCUT2D eigenvalue weighted by Gasteiger charge is -2.41. The number of hydrogen-bond acceptors (Lipinski definition) is 3. The molecular formula is C25H37N3O2. The van der Waals surface area contributed by atoms with Gasteiger partial charge in [-0.1, -0.05) is 38.2 Å². The molecule has 2 amide bonds. The van der Waals surface area contributed by atoms with Gasteiger partial charge in [-0.3, -0.25) is 9.59 Å². The summed E-state index contributed by atoms with van der Waals surface area (Å²) in [6.45, 7) is 6.81. The van der Waals surface area contributed by atoms with Crippen LogP contribution in [0.25, 0.3) is 0 Å². The largest absolute Gasteiger partial charge is 0.338 e. The molecule has 1 aliphatic carbocycles. The molecule has 1 aromatic carbocycles. The third kappa shape index (κ3) is 5.23. The molecule has 164 valence electrons. The van der Waals surface area contributed by atoms with Crippen LogP contribution in [0.1, 0.15) is 75.1 Å². The first-order valence-electron chi connectivity index (χ1n) is 11.9. The molecule has 0 aromatic heterocycles. The number of amides is 2. The summed E-state index contributed by atoms with van der Waals surface area (Å²) in [5, 5.41) is 2.78. The van der Waals surface area contributed by atoms with E-state index in [4.69, 9.17) is 0 Å². The van der Waals surface area contributed by atoms with E-state index in [9.17, 15) is 9.59 Å². The summed E-state index contributed by atoms with van der Waals surface area (Å²) in [4.78, 5) is 29.2. The highest BCUT2D eigenvalue weighted by atomic mass is 16.2. The summed E-state index contributed by atoms with van der Waals surface area (Å²) in [7, 11) is 0. The number of benzene rings is 1. The van der Waals surface area contributed by atoms with Crippen LogP contribution >= 0.6 is 0 Å². The Labute approximate surface area is 181 Å². The molecule has 1 spiro atoms. The van der Waals surface area contributed by atoms with Crippen LogP contribution in [0.15, 0.2) is 24.3 Å². The van der Waals surface area contributed by atoms with E-state index in [0.717, 1.165) is 32.0 Å². The minimum atomic E-state index is -0.116. The molecule has 2 saturated heterocycles. The fraction of sp³-hybridized carbons (Fsp3) is 0.680. The van der Waals surface area contributed by atoms with Crippen LogP contribution in [0.2, 0.25) is 0 Å². The Kier molecular flexibility index (Phi) is 6.77. The molecule has 0 radical (unpaired) electrons. The van der Waals surface area contributed by atoms with Crippen molar-refractivity contribution in [2.24, 2.45) is 11.3 Å². The molecule has 3 aliphatic rings. The molecule has 1 saturated carbocycles. The first-order chi connectivity index (χ1) is 14.5. The number of rotatable bonds is 5. The van der Waals surface area contributed by atoms with E-state index >= 15 is 0 Å². The Morgan fingerprint density at radius 2 is 1.90 bits per heavy atom. The number of likely N-dealkylation sites (tertiary alicyclic amines) is 2. The first-order valence-corrected chi connectivity index (χ1v) is 11.9. The average molecular weight is 412 g/mol. The summed E-state index contributed by atoms with van der Waals surface area (Å²) in [5.74, 6) is 0.919. The van der Waals surface area contributed by atoms with E-state index in [-0.39, 0.29) is 17.2 Å². The minimum Gasteiger partial charge on any atom is -0.338 e. The second-order valence-corrected chi connectivity index (χ2v) is 9.91. The quantitative estimate of drug-likeness (QED) is 0.774. The van der Waals surface area contributed by atoms with Crippen molar-refractivity contribution >= 4 is 17.5 Å². The summed E-state index contributed by atoms with van der Waals surface area (Å²) in [6.07, 6.45) is 12.1. The second kappa shape index (κ2) is 9.51. The van der Waals surface area contributed by atoms with Crippen LogP contribution in [0.4, 0.5) is 5.69 Å². The predicted molar refractivity (Wildman–Crippen MR) is 121 cm³/mol. The van der Waals surface area contributed by atoms with Gasteiger partial charge in [0.2, 0.25) is 5.91 Å². The normalized spacial score (nSPS) is 25.6. The molecule has 2 aliphatic heterocycles. The highest BCUT2D eigenvalue weighted by molar-refractivity contribution is 5.97. The van der Waals surface area contributed by atoms with Crippen LogP contribution in [-0.2, 0) is 4.79 Å². The van der Waals surface area contributed by atoms with Crippen LogP contribution in [0, 0.1) is 11.3 Å². The zero-order valence-electron chi connectivity index (χ0n) is 18.5. The summed E-state index contributed by atoms with van der Waals surface area (Å²) in [5.41, 5.74) is 1.63. The van der Waals surface area contributed by atoms with Gasteiger partial charge in [0.05, 0.1) is 0 Å². The van der Waals surface area contributed by atoms with Crippen LogP contribution in [0.3, 0.4) is 0 Å². The molecule has 30 heavy (non-hydrogen) atoms. The van der Waals surface area contributed by atoms with Gasteiger partial charge in [0.25, 0.3) is 5.91 Å². The van der Waals surface area contributed by atoms with Crippen molar-refractivity contribution < 1.29 is 9.59 Å². The van der Waals surface area contributed by atoms with Gasteiger partial charge in [0.1, 0.15) is 0 Å². The Bertz CT molecular complexity index is 759. The molecule has 4 rings (SSSR count). The van der Waals surface area contributed by atoms with Gasteiger partial charge in [-0.05, 0) is 62.9 Å². The van der Waals surface area contributed by atoms with Gasteiger partial charge in [-0.2, -0.15) is 0 Å². The van der Waals surface area contributed by atoms with E-state index in [0.29, 0.717) is 11.3 Å². The fourth-order valence-corrected chi connectivity index (χ4v) is 5.90. The zero-order valence-corrected chi connectivity index (χ0v) is 18.5. The molecule has 2 heterocycles. The number of carbonyl (C=O) groups is 2. The number of nitrogens with one attached hydrogen (secondary N) is 1. The number of anilines is 1. The maximum absolute atomic E-state index is 13.1. The first kappa shape index (κ1) is 21.4. The summed E-state index contributed by atoms with van der Waals surface area (Å²) in [6, 6.07) is 7.33. The van der Waals surface area contributed by atoms with Gasteiger partial charge >= 0.3 is 0 Å². The van der Waals surface area contributed by atoms with Crippen molar-refractivity contribution in [3.05, 3.63) is 29.8 Å². The Hall–Kier alpha value is -1.88. The Morgan fingerprint density at radius 1 is 1.07 bits per heavy atom. The lowest BCUT2D eigenvalue weighted by atomic mass is 9.79. The van der Waals surface area contributed by atoms with Crippen molar-refractivity contribution in [2.75, 3.05) is 38.0 Å². The molecular weight excluding hydrogens is 374 g/mol. The predicted octanol–water partition coefficient (Wildman–Crippen LogP) is 4.54. The van der Waals surface area contributed by atoms with Crippen molar-refractivity contribution in [1.82, 2.24) is 9.80 Å². The lowest BCUT2D eigenvalue weighted by molar-refractivity contribution is -0.114. The van der Waals surface area contributed by atoms with Crippen LogP contribution < -0.4 is 5.32 Å². The molecule has 5 nitrogen and oxygen atoms in total. The van der Waals surface area contributed by atoms with E-state index in [2.05, 4.69) is 10.2 Å². The van der Waals surface area contributed by atoms with Crippen molar-refractivity contribution in [3.63, 3.8) is 0 Å². The zero-order chi connectivity index (χ0) is 21.0. The molecule has 0 unspecified atom stereocenters. The average Bonchev–Trinajstić information content (AvgIpc) is 3.15. The highest BCUT2D eigenvalue weighted by Crippen LogP contribution is 2.40. The third-order valence-corrected chi connectivity index (χ3v) is 7.47. The third-order valence-electron chi connectivity index (χ3n) is 7.47. The van der Waals surface area contributed by atoms with Crippen LogP contribution in [0.5, 0.6) is 0 Å². The molecule has 1 aromatic rings.